The number of nitrogens with one attached hydrogen (secondary N) is 1. The molecule has 1 aromatic rings. The Balaban J connectivity index is 2.90. The summed E-state index contributed by atoms with van der Waals surface area (Å²) in [6.07, 6.45) is 0. The van der Waals surface area contributed by atoms with Gasteiger partial charge in [-0.1, -0.05) is 18.7 Å². The Hall–Kier alpha value is -0.370. The SMILES string of the molecule is CC(=O)NC(=N[C@@H](C)c1ccc(Br)s1)SC(C)C(C)(C)O. The van der Waals surface area contributed by atoms with Gasteiger partial charge in [-0.2, -0.15) is 0 Å². The van der Waals surface area contributed by atoms with Crippen LogP contribution in [0, 0.1) is 0 Å². The minimum absolute atomic E-state index is 0.0512. The average Bonchev–Trinajstić information content (AvgIpc) is 2.73. The van der Waals surface area contributed by atoms with E-state index in [0.29, 0.717) is 5.17 Å². The lowest BCUT2D eigenvalue weighted by atomic mass is 10.1. The van der Waals surface area contributed by atoms with Crippen LogP contribution in [-0.2, 0) is 4.79 Å². The number of rotatable bonds is 4. The van der Waals surface area contributed by atoms with Gasteiger partial charge < -0.3 is 10.4 Å². The number of nitrogens with zero attached hydrogens (tertiary/aromatic N) is 1. The molecular formula is C14H21BrN2O2S2. The third-order valence-corrected chi connectivity index (χ3v) is 6.04. The van der Waals surface area contributed by atoms with E-state index in [4.69, 9.17) is 0 Å². The number of amides is 1. The van der Waals surface area contributed by atoms with Crippen LogP contribution < -0.4 is 5.32 Å². The Morgan fingerprint density at radius 2 is 2.10 bits per heavy atom. The van der Waals surface area contributed by atoms with Crippen LogP contribution in [0.4, 0.5) is 0 Å². The maximum atomic E-state index is 11.3. The molecule has 0 aliphatic heterocycles. The molecule has 0 aliphatic carbocycles. The fourth-order valence-corrected chi connectivity index (χ4v) is 3.81. The van der Waals surface area contributed by atoms with Crippen LogP contribution in [0.25, 0.3) is 0 Å². The standard InChI is InChI=1S/C14H21BrN2O2S2/c1-8(11-6-7-12(15)21-11)16-13(17-10(3)18)20-9(2)14(4,5)19/h6-9,19H,1-5H3,(H,16,17,18)/t8-,9?/m0/s1. The Morgan fingerprint density at radius 3 is 2.52 bits per heavy atom. The molecule has 118 valence electrons. The van der Waals surface area contributed by atoms with E-state index in [1.54, 1.807) is 25.2 Å². The van der Waals surface area contributed by atoms with Gasteiger partial charge in [-0.15, -0.1) is 11.3 Å². The maximum Gasteiger partial charge on any atom is 0.222 e. The van der Waals surface area contributed by atoms with Gasteiger partial charge in [0.2, 0.25) is 5.91 Å². The molecule has 7 heteroatoms. The number of carbonyl (C=O) groups excluding carboxylic acids is 1. The summed E-state index contributed by atoms with van der Waals surface area (Å²) >= 11 is 6.43. The largest absolute Gasteiger partial charge is 0.389 e. The van der Waals surface area contributed by atoms with E-state index in [2.05, 4.69) is 26.2 Å². The molecule has 0 bridgehead atoms. The van der Waals surface area contributed by atoms with Crippen molar-refractivity contribution in [3.63, 3.8) is 0 Å². The normalized spacial score (nSPS) is 15.7. The molecule has 1 rings (SSSR count). The zero-order chi connectivity index (χ0) is 16.2. The first kappa shape index (κ1) is 18.7. The molecule has 0 saturated carbocycles. The van der Waals surface area contributed by atoms with E-state index in [-0.39, 0.29) is 17.2 Å². The highest BCUT2D eigenvalue weighted by Gasteiger charge is 2.25. The van der Waals surface area contributed by atoms with Crippen LogP contribution >= 0.6 is 39.0 Å². The summed E-state index contributed by atoms with van der Waals surface area (Å²) in [5.74, 6) is -0.163. The van der Waals surface area contributed by atoms with Gasteiger partial charge in [0.25, 0.3) is 0 Å². The average molecular weight is 393 g/mol. The van der Waals surface area contributed by atoms with E-state index in [1.807, 2.05) is 26.0 Å². The van der Waals surface area contributed by atoms with Crippen LogP contribution in [-0.4, -0.2) is 27.0 Å². The topological polar surface area (TPSA) is 61.7 Å². The van der Waals surface area contributed by atoms with E-state index in [9.17, 15) is 9.90 Å². The number of hydrogen-bond acceptors (Lipinski definition) is 5. The first-order valence-electron chi connectivity index (χ1n) is 6.59. The molecule has 0 radical (unpaired) electrons. The first-order valence-corrected chi connectivity index (χ1v) is 9.08. The second kappa shape index (κ2) is 7.76. The van der Waals surface area contributed by atoms with Gasteiger partial charge in [0, 0.05) is 17.1 Å². The van der Waals surface area contributed by atoms with E-state index >= 15 is 0 Å². The van der Waals surface area contributed by atoms with Crippen LogP contribution in [0.5, 0.6) is 0 Å². The van der Waals surface area contributed by atoms with Crippen molar-refractivity contribution in [2.45, 2.75) is 51.5 Å². The fourth-order valence-electron chi connectivity index (χ4n) is 1.35. The number of hydrogen-bond donors (Lipinski definition) is 2. The van der Waals surface area contributed by atoms with Crippen molar-refractivity contribution in [2.75, 3.05) is 0 Å². The maximum absolute atomic E-state index is 11.3. The summed E-state index contributed by atoms with van der Waals surface area (Å²) in [4.78, 5) is 17.0. The molecular weight excluding hydrogens is 372 g/mol. The first-order chi connectivity index (χ1) is 9.59. The highest BCUT2D eigenvalue weighted by Crippen LogP contribution is 2.30. The number of thiophene rings is 1. The van der Waals surface area contributed by atoms with Crippen molar-refractivity contribution in [2.24, 2.45) is 4.99 Å². The highest BCUT2D eigenvalue weighted by molar-refractivity contribution is 9.11. The third kappa shape index (κ3) is 6.50. The lowest BCUT2D eigenvalue weighted by molar-refractivity contribution is -0.117. The van der Waals surface area contributed by atoms with E-state index in [1.165, 1.54) is 18.7 Å². The van der Waals surface area contributed by atoms with Crippen molar-refractivity contribution >= 4 is 50.1 Å². The van der Waals surface area contributed by atoms with Crippen molar-refractivity contribution in [3.8, 4) is 0 Å². The third-order valence-electron chi connectivity index (χ3n) is 2.88. The smallest absolute Gasteiger partial charge is 0.222 e. The molecule has 21 heavy (non-hydrogen) atoms. The monoisotopic (exact) mass is 392 g/mol. The summed E-state index contributed by atoms with van der Waals surface area (Å²) in [5, 5.41) is 13.2. The van der Waals surface area contributed by atoms with Gasteiger partial charge in [-0.25, -0.2) is 0 Å². The van der Waals surface area contributed by atoms with Crippen molar-refractivity contribution in [1.29, 1.82) is 0 Å². The second-order valence-electron chi connectivity index (χ2n) is 5.35. The number of aliphatic imine (C=N–C) groups is 1. The van der Waals surface area contributed by atoms with E-state index in [0.717, 1.165) is 8.66 Å². The van der Waals surface area contributed by atoms with Crippen LogP contribution in [0.2, 0.25) is 0 Å². The highest BCUT2D eigenvalue weighted by atomic mass is 79.9. The van der Waals surface area contributed by atoms with Crippen LogP contribution in [0.3, 0.4) is 0 Å². The van der Waals surface area contributed by atoms with Crippen molar-refractivity contribution in [3.05, 3.63) is 20.8 Å². The number of amidine groups is 1. The summed E-state index contributed by atoms with van der Waals surface area (Å²) in [6, 6.07) is 3.94. The molecule has 1 unspecified atom stereocenters. The number of halogens is 1. The van der Waals surface area contributed by atoms with Gasteiger partial charge in [0.05, 0.1) is 15.4 Å². The van der Waals surface area contributed by atoms with Gasteiger partial charge in [-0.05, 0) is 48.8 Å². The molecule has 1 amide bonds. The summed E-state index contributed by atoms with van der Waals surface area (Å²) in [7, 11) is 0. The molecule has 2 atom stereocenters. The Bertz CT molecular complexity index is 523. The number of thioether (sulfide) groups is 1. The predicted octanol–water partition coefficient (Wildman–Crippen LogP) is 3.96. The van der Waals surface area contributed by atoms with Gasteiger partial charge in [0.15, 0.2) is 5.17 Å². The molecule has 4 nitrogen and oxygen atoms in total. The lowest BCUT2D eigenvalue weighted by Crippen LogP contribution is -2.35. The van der Waals surface area contributed by atoms with Gasteiger partial charge in [0.1, 0.15) is 0 Å². The van der Waals surface area contributed by atoms with Crippen LogP contribution in [0.1, 0.15) is 45.5 Å². The number of carbonyl (C=O) groups is 1. The van der Waals surface area contributed by atoms with Gasteiger partial charge >= 0.3 is 0 Å². The van der Waals surface area contributed by atoms with Crippen molar-refractivity contribution < 1.29 is 9.90 Å². The molecule has 1 heterocycles. The molecule has 0 aromatic carbocycles. The van der Waals surface area contributed by atoms with E-state index < -0.39 is 5.60 Å². The zero-order valence-corrected chi connectivity index (χ0v) is 16.0. The molecule has 0 spiro atoms. The predicted molar refractivity (Wildman–Crippen MR) is 95.0 cm³/mol. The molecule has 2 N–H and O–H groups in total. The molecule has 0 saturated heterocycles. The van der Waals surface area contributed by atoms with Gasteiger partial charge in [-0.3, -0.25) is 9.79 Å². The summed E-state index contributed by atoms with van der Waals surface area (Å²) in [5.41, 5.74) is -0.848. The Labute approximate surface area is 142 Å². The van der Waals surface area contributed by atoms with Crippen LogP contribution in [0.15, 0.2) is 20.9 Å². The minimum atomic E-state index is -0.848. The Kier molecular flexibility index (Phi) is 6.90. The summed E-state index contributed by atoms with van der Waals surface area (Å²) < 4.78 is 1.05. The molecule has 0 aliphatic rings. The quantitative estimate of drug-likeness (QED) is 0.601. The molecule has 1 aromatic heterocycles. The number of aliphatic hydroxyl groups is 1. The fraction of sp³-hybridized carbons (Fsp3) is 0.571. The Morgan fingerprint density at radius 1 is 1.48 bits per heavy atom. The molecule has 0 fully saturated rings. The minimum Gasteiger partial charge on any atom is -0.389 e. The van der Waals surface area contributed by atoms with Crippen molar-refractivity contribution in [1.82, 2.24) is 5.32 Å². The summed E-state index contributed by atoms with van der Waals surface area (Å²) in [6.45, 7) is 8.84. The lowest BCUT2D eigenvalue weighted by Gasteiger charge is -2.25. The zero-order valence-electron chi connectivity index (χ0n) is 12.8. The second-order valence-corrected chi connectivity index (χ2v) is 9.17.